The molecule has 0 spiro atoms. The first-order valence-corrected chi connectivity index (χ1v) is 1.99. The molecule has 3 heteroatoms. The zero-order chi connectivity index (χ0) is 4.99. The normalized spacial score (nSPS) is 7.00. The van der Waals surface area contributed by atoms with E-state index in [0.29, 0.717) is 6.42 Å². The van der Waals surface area contributed by atoms with Crippen LogP contribution in [0.25, 0.3) is 0 Å². The topological polar surface area (TPSA) is 37.3 Å². The first-order chi connectivity index (χ1) is 2.77. The van der Waals surface area contributed by atoms with Gasteiger partial charge in [-0.3, -0.25) is 4.79 Å². The van der Waals surface area contributed by atoms with E-state index in [1.807, 2.05) is 6.92 Å². The third-order valence-corrected chi connectivity index (χ3v) is 0.464. The molecule has 0 aromatic rings. The molecule has 0 aliphatic carbocycles. The van der Waals surface area contributed by atoms with Crippen molar-refractivity contribution in [3.05, 3.63) is 0 Å². The van der Waals surface area contributed by atoms with Gasteiger partial charge in [-0.05, 0) is 6.42 Å². The van der Waals surface area contributed by atoms with Crippen molar-refractivity contribution in [2.24, 2.45) is 0 Å². The van der Waals surface area contributed by atoms with E-state index in [1.165, 1.54) is 0 Å². The van der Waals surface area contributed by atoms with Crippen molar-refractivity contribution in [1.82, 2.24) is 0 Å². The van der Waals surface area contributed by atoms with Gasteiger partial charge in [-0.1, -0.05) is 6.92 Å². The summed E-state index contributed by atoms with van der Waals surface area (Å²) in [5, 5.41) is 7.91. The first kappa shape index (κ1) is 10.6. The van der Waals surface area contributed by atoms with Crippen LogP contribution in [-0.2, 0) is 4.79 Å². The third-order valence-electron chi connectivity index (χ3n) is 0.464. The Labute approximate surface area is 70.9 Å². The zero-order valence-electron chi connectivity index (χ0n) is 4.35. The van der Waals surface area contributed by atoms with Crippen molar-refractivity contribution in [3.8, 4) is 0 Å². The standard InChI is InChI=1S/C4H8O2.La/c1-2-3-4(5)6;/h2-3H2,1H3,(H,5,6);. The third kappa shape index (κ3) is 10.8. The number of hydrogen-bond acceptors (Lipinski definition) is 1. The van der Waals surface area contributed by atoms with Crippen LogP contribution in [0, 0.1) is 35.6 Å². The smallest absolute Gasteiger partial charge is 0.303 e. The minimum absolute atomic E-state index is 0. The van der Waals surface area contributed by atoms with Gasteiger partial charge in [-0.2, -0.15) is 0 Å². The van der Waals surface area contributed by atoms with E-state index >= 15 is 0 Å². The van der Waals surface area contributed by atoms with E-state index in [-0.39, 0.29) is 35.6 Å². The first-order valence-electron chi connectivity index (χ1n) is 1.99. The van der Waals surface area contributed by atoms with Gasteiger partial charge in [0.2, 0.25) is 0 Å². The van der Waals surface area contributed by atoms with E-state index in [2.05, 4.69) is 0 Å². The Kier molecular flexibility index (Phi) is 10.1. The summed E-state index contributed by atoms with van der Waals surface area (Å²) in [6.45, 7) is 1.84. The molecule has 7 heavy (non-hydrogen) atoms. The molecule has 0 atom stereocenters. The van der Waals surface area contributed by atoms with Crippen LogP contribution in [-0.4, -0.2) is 11.1 Å². The minimum atomic E-state index is -0.711. The van der Waals surface area contributed by atoms with Gasteiger partial charge < -0.3 is 5.11 Å². The van der Waals surface area contributed by atoms with E-state index < -0.39 is 5.97 Å². The monoisotopic (exact) mass is 227 g/mol. The van der Waals surface area contributed by atoms with E-state index in [0.717, 1.165) is 6.42 Å². The summed E-state index contributed by atoms with van der Waals surface area (Å²) in [6, 6.07) is 0. The maximum atomic E-state index is 9.60. The number of carboxylic acid groups (broad SMARTS) is 1. The summed E-state index contributed by atoms with van der Waals surface area (Å²) in [5.41, 5.74) is 0. The molecule has 0 aromatic carbocycles. The molecule has 0 saturated heterocycles. The molecule has 0 aliphatic heterocycles. The van der Waals surface area contributed by atoms with E-state index in [1.54, 1.807) is 0 Å². The van der Waals surface area contributed by atoms with Gasteiger partial charge in [0.05, 0.1) is 0 Å². The van der Waals surface area contributed by atoms with Gasteiger partial charge in [-0.15, -0.1) is 0 Å². The van der Waals surface area contributed by atoms with Crippen molar-refractivity contribution in [3.63, 3.8) is 0 Å². The van der Waals surface area contributed by atoms with Crippen LogP contribution in [0.5, 0.6) is 0 Å². The largest absolute Gasteiger partial charge is 0.481 e. The fraction of sp³-hybridized carbons (Fsp3) is 0.750. The Morgan fingerprint density at radius 1 is 1.71 bits per heavy atom. The second kappa shape index (κ2) is 6.66. The fourth-order valence-corrected chi connectivity index (χ4v) is 0.214. The maximum absolute atomic E-state index is 9.60. The molecule has 1 radical (unpaired) electrons. The number of rotatable bonds is 2. The second-order valence-electron chi connectivity index (χ2n) is 1.14. The summed E-state index contributed by atoms with van der Waals surface area (Å²) in [4.78, 5) is 9.60. The molecule has 0 aromatic heterocycles. The number of aliphatic carboxylic acids is 1. The fourth-order valence-electron chi connectivity index (χ4n) is 0.214. The summed E-state index contributed by atoms with van der Waals surface area (Å²) in [5.74, 6) is -0.711. The van der Waals surface area contributed by atoms with Gasteiger partial charge in [0, 0.05) is 42.0 Å². The van der Waals surface area contributed by atoms with Gasteiger partial charge in [0.1, 0.15) is 0 Å². The number of carboxylic acids is 1. The molecule has 0 fully saturated rings. The van der Waals surface area contributed by atoms with Crippen molar-refractivity contribution in [2.75, 3.05) is 0 Å². The number of hydrogen-bond donors (Lipinski definition) is 1. The molecule has 0 unspecified atom stereocenters. The van der Waals surface area contributed by atoms with Crippen LogP contribution in [0.4, 0.5) is 0 Å². The molecular formula is C4H8LaO2. The molecule has 39 valence electrons. The molecule has 0 aliphatic rings. The quantitative estimate of drug-likeness (QED) is 0.759. The van der Waals surface area contributed by atoms with Crippen LogP contribution in [0.1, 0.15) is 19.8 Å². The molecule has 1 N–H and O–H groups in total. The van der Waals surface area contributed by atoms with Gasteiger partial charge in [0.25, 0.3) is 0 Å². The molecule has 0 rings (SSSR count). The summed E-state index contributed by atoms with van der Waals surface area (Å²) < 4.78 is 0. The SMILES string of the molecule is CCCC(=O)O.[La]. The van der Waals surface area contributed by atoms with Crippen molar-refractivity contribution in [2.45, 2.75) is 19.8 Å². The van der Waals surface area contributed by atoms with E-state index in [9.17, 15) is 4.79 Å². The number of carbonyl (C=O) groups is 1. The molecular weight excluding hydrogens is 219 g/mol. The Morgan fingerprint density at radius 2 is 2.14 bits per heavy atom. The van der Waals surface area contributed by atoms with E-state index in [4.69, 9.17) is 5.11 Å². The van der Waals surface area contributed by atoms with Crippen LogP contribution < -0.4 is 0 Å². The summed E-state index contributed by atoms with van der Waals surface area (Å²) in [7, 11) is 0. The molecule has 0 amide bonds. The molecule has 0 heterocycles. The molecule has 0 saturated carbocycles. The Balaban J connectivity index is 0. The zero-order valence-corrected chi connectivity index (χ0v) is 7.97. The Morgan fingerprint density at radius 3 is 2.14 bits per heavy atom. The second-order valence-corrected chi connectivity index (χ2v) is 1.14. The van der Waals surface area contributed by atoms with Crippen molar-refractivity contribution >= 4 is 5.97 Å². The predicted octanol–water partition coefficient (Wildman–Crippen LogP) is 0.871. The Bertz CT molecular complexity index is 53.7. The van der Waals surface area contributed by atoms with Crippen LogP contribution >= 0.6 is 0 Å². The van der Waals surface area contributed by atoms with Crippen LogP contribution in [0.15, 0.2) is 0 Å². The van der Waals surface area contributed by atoms with Crippen molar-refractivity contribution in [1.29, 1.82) is 0 Å². The molecule has 2 nitrogen and oxygen atoms in total. The van der Waals surface area contributed by atoms with Crippen LogP contribution in [0.3, 0.4) is 0 Å². The van der Waals surface area contributed by atoms with Gasteiger partial charge >= 0.3 is 5.97 Å². The van der Waals surface area contributed by atoms with Gasteiger partial charge in [-0.25, -0.2) is 0 Å². The van der Waals surface area contributed by atoms with Gasteiger partial charge in [0.15, 0.2) is 0 Å². The predicted molar refractivity (Wildman–Crippen MR) is 22.5 cm³/mol. The average molecular weight is 227 g/mol. The van der Waals surface area contributed by atoms with Crippen molar-refractivity contribution < 1.29 is 45.5 Å². The van der Waals surface area contributed by atoms with Crippen LogP contribution in [0.2, 0.25) is 0 Å². The summed E-state index contributed by atoms with van der Waals surface area (Å²) in [6.07, 6.45) is 1.02. The molecule has 0 bridgehead atoms. The minimum Gasteiger partial charge on any atom is -0.481 e. The average Bonchev–Trinajstić information content (AvgIpc) is 1.35. The Hall–Kier alpha value is 0.665. The summed E-state index contributed by atoms with van der Waals surface area (Å²) >= 11 is 0. The maximum Gasteiger partial charge on any atom is 0.303 e.